The molecule has 5 aromatic rings. The van der Waals surface area contributed by atoms with E-state index in [1.54, 1.807) is 4.57 Å². The molecule has 0 fully saturated rings. The van der Waals surface area contributed by atoms with Crippen LogP contribution in [-0.2, 0) is 22.5 Å². The molecule has 1 aliphatic rings. The van der Waals surface area contributed by atoms with Crippen LogP contribution in [0.3, 0.4) is 0 Å². The summed E-state index contributed by atoms with van der Waals surface area (Å²) in [6.07, 6.45) is 2.72. The van der Waals surface area contributed by atoms with Gasteiger partial charge < -0.3 is 19.0 Å². The fraction of sp³-hybridized carbons (Fsp3) is 0.207. The predicted molar refractivity (Wildman–Crippen MR) is 138 cm³/mol. The number of esters is 1. The first-order valence-electron chi connectivity index (χ1n) is 12.0. The number of aromatic amines is 1. The number of nitrogens with one attached hydrogen (secondary N) is 1. The van der Waals surface area contributed by atoms with Crippen molar-refractivity contribution in [2.75, 3.05) is 7.11 Å². The molecule has 7 nitrogen and oxygen atoms in total. The molecule has 6 rings (SSSR count). The van der Waals surface area contributed by atoms with Crippen LogP contribution in [0.15, 0.2) is 71.7 Å². The number of hydrogen-bond donors (Lipinski definition) is 1. The van der Waals surface area contributed by atoms with Crippen LogP contribution < -0.4 is 10.3 Å². The highest BCUT2D eigenvalue weighted by Gasteiger charge is 2.34. The Morgan fingerprint density at radius 2 is 1.94 bits per heavy atom. The first-order chi connectivity index (χ1) is 17.5. The summed E-state index contributed by atoms with van der Waals surface area (Å²) in [5.74, 6) is -0.0338. The fourth-order valence-corrected chi connectivity index (χ4v) is 5.18. The van der Waals surface area contributed by atoms with Crippen molar-refractivity contribution in [3.8, 4) is 11.6 Å². The largest absolute Gasteiger partial charge is 0.469 e. The van der Waals surface area contributed by atoms with E-state index in [0.29, 0.717) is 30.2 Å². The Balaban J connectivity index is 1.44. The van der Waals surface area contributed by atoms with Gasteiger partial charge in [-0.25, -0.2) is 4.98 Å². The van der Waals surface area contributed by atoms with Crippen molar-refractivity contribution < 1.29 is 14.3 Å². The third-order valence-electron chi connectivity index (χ3n) is 7.03. The van der Waals surface area contributed by atoms with Crippen LogP contribution in [0.5, 0.6) is 11.6 Å². The number of aromatic nitrogens is 3. The molecule has 1 aliphatic heterocycles. The molecule has 0 amide bonds. The number of H-pyrrole nitrogens is 1. The van der Waals surface area contributed by atoms with E-state index in [9.17, 15) is 9.59 Å². The van der Waals surface area contributed by atoms with Crippen molar-refractivity contribution in [2.24, 2.45) is 0 Å². The van der Waals surface area contributed by atoms with Gasteiger partial charge in [0.15, 0.2) is 0 Å². The van der Waals surface area contributed by atoms with Crippen molar-refractivity contribution in [3.05, 3.63) is 99.6 Å². The summed E-state index contributed by atoms with van der Waals surface area (Å²) in [4.78, 5) is 34.3. The van der Waals surface area contributed by atoms with Crippen LogP contribution in [0.25, 0.3) is 21.8 Å². The minimum atomic E-state index is -0.513. The highest BCUT2D eigenvalue weighted by molar-refractivity contribution is 5.83. The van der Waals surface area contributed by atoms with Crippen molar-refractivity contribution in [1.82, 2.24) is 14.5 Å². The maximum absolute atomic E-state index is 13.9. The van der Waals surface area contributed by atoms with Gasteiger partial charge in [-0.15, -0.1) is 0 Å². The molecule has 1 unspecified atom stereocenters. The summed E-state index contributed by atoms with van der Waals surface area (Å²) in [7, 11) is 1.36. The molecule has 1 atom stereocenters. The molecule has 1 N–H and O–H groups in total. The quantitative estimate of drug-likeness (QED) is 0.349. The summed E-state index contributed by atoms with van der Waals surface area (Å²) in [5.41, 5.74) is 4.84. The number of nitrogens with zero attached hydrogens (tertiary/aromatic N) is 2. The van der Waals surface area contributed by atoms with Crippen molar-refractivity contribution in [1.29, 1.82) is 0 Å². The summed E-state index contributed by atoms with van der Waals surface area (Å²) in [6.45, 7) is 2.41. The maximum Gasteiger partial charge on any atom is 0.306 e. The molecule has 2 aromatic carbocycles. The highest BCUT2D eigenvalue weighted by Crippen LogP contribution is 2.44. The molecule has 7 heteroatoms. The van der Waals surface area contributed by atoms with E-state index in [1.165, 1.54) is 7.11 Å². The Labute approximate surface area is 207 Å². The Kier molecular flexibility index (Phi) is 5.33. The molecular weight excluding hydrogens is 454 g/mol. The van der Waals surface area contributed by atoms with Gasteiger partial charge in [-0.3, -0.25) is 9.59 Å². The van der Waals surface area contributed by atoms with Gasteiger partial charge in [-0.2, -0.15) is 0 Å². The van der Waals surface area contributed by atoms with E-state index in [0.717, 1.165) is 38.6 Å². The number of methoxy groups -OCH3 is 1. The molecule has 0 saturated heterocycles. The molecule has 0 saturated carbocycles. The summed E-state index contributed by atoms with van der Waals surface area (Å²) in [6, 6.07) is 19.7. The zero-order valence-electron chi connectivity index (χ0n) is 20.1. The fourth-order valence-electron chi connectivity index (χ4n) is 5.18. The van der Waals surface area contributed by atoms with Gasteiger partial charge in [0.2, 0.25) is 5.88 Å². The Bertz CT molecular complexity index is 1700. The second-order valence-corrected chi connectivity index (χ2v) is 9.14. The second kappa shape index (κ2) is 8.68. The van der Waals surface area contributed by atoms with Crippen molar-refractivity contribution in [2.45, 2.75) is 32.2 Å². The lowest BCUT2D eigenvalue weighted by molar-refractivity contribution is -0.140. The number of hydrogen-bond acceptors (Lipinski definition) is 5. The average Bonchev–Trinajstić information content (AvgIpc) is 3.30. The zero-order valence-corrected chi connectivity index (χ0v) is 20.1. The van der Waals surface area contributed by atoms with Crippen LogP contribution in [0.1, 0.15) is 34.7 Å². The summed E-state index contributed by atoms with van der Waals surface area (Å²) in [5, 5.41) is 2.07. The molecule has 0 bridgehead atoms. The first kappa shape index (κ1) is 22.1. The third kappa shape index (κ3) is 3.64. The van der Waals surface area contributed by atoms with E-state index in [4.69, 9.17) is 14.5 Å². The van der Waals surface area contributed by atoms with Gasteiger partial charge >= 0.3 is 5.97 Å². The second-order valence-electron chi connectivity index (χ2n) is 9.14. The minimum Gasteiger partial charge on any atom is -0.469 e. The molecule has 0 radical (unpaired) electrons. The summed E-state index contributed by atoms with van der Waals surface area (Å²) >= 11 is 0. The Morgan fingerprint density at radius 3 is 2.81 bits per heavy atom. The van der Waals surface area contributed by atoms with Crippen molar-refractivity contribution in [3.63, 3.8) is 0 Å². The Morgan fingerprint density at radius 1 is 1.14 bits per heavy atom. The van der Waals surface area contributed by atoms with Crippen molar-refractivity contribution >= 4 is 27.8 Å². The van der Waals surface area contributed by atoms with E-state index in [2.05, 4.69) is 11.1 Å². The molecule has 0 spiro atoms. The number of fused-ring (bicyclic) bond motifs is 4. The zero-order chi connectivity index (χ0) is 24.8. The molecule has 4 heterocycles. The van der Waals surface area contributed by atoms with Gasteiger partial charge in [0.25, 0.3) is 5.56 Å². The van der Waals surface area contributed by atoms with E-state index < -0.39 is 11.9 Å². The number of pyridine rings is 2. The average molecular weight is 480 g/mol. The predicted octanol–water partition coefficient (Wildman–Crippen LogP) is 5.23. The monoisotopic (exact) mass is 479 g/mol. The number of ether oxygens (including phenoxy) is 2. The van der Waals surface area contributed by atoms with Crippen LogP contribution >= 0.6 is 0 Å². The lowest BCUT2D eigenvalue weighted by atomic mass is 9.86. The van der Waals surface area contributed by atoms with Gasteiger partial charge in [0, 0.05) is 52.3 Å². The molecule has 36 heavy (non-hydrogen) atoms. The lowest BCUT2D eigenvalue weighted by Gasteiger charge is -2.28. The molecular formula is C29H25N3O4. The number of benzene rings is 2. The van der Waals surface area contributed by atoms with Gasteiger partial charge in [0.05, 0.1) is 24.6 Å². The van der Waals surface area contributed by atoms with Crippen LogP contribution in [-0.4, -0.2) is 27.6 Å². The number of aryl methyl sites for hydroxylation is 2. The van der Waals surface area contributed by atoms with E-state index in [1.807, 2.05) is 67.7 Å². The van der Waals surface area contributed by atoms with Gasteiger partial charge in [0.1, 0.15) is 5.75 Å². The van der Waals surface area contributed by atoms with Crippen LogP contribution in [0.2, 0.25) is 0 Å². The smallest absolute Gasteiger partial charge is 0.306 e. The highest BCUT2D eigenvalue weighted by atomic mass is 16.5. The minimum absolute atomic E-state index is 0.0284. The Hall–Kier alpha value is -4.39. The lowest BCUT2D eigenvalue weighted by Crippen LogP contribution is -2.31. The topological polar surface area (TPSA) is 86.2 Å². The summed E-state index contributed by atoms with van der Waals surface area (Å²) < 4.78 is 12.9. The SMILES string of the molecule is COC(=O)CC1c2cc3ccccc3nc2Oc2cc(C)n(CCc3c[nH]c4ccccc34)c(=O)c21. The number of carbonyl (C=O) groups excluding carboxylic acids is 1. The van der Waals surface area contributed by atoms with Gasteiger partial charge in [-0.1, -0.05) is 36.4 Å². The normalized spacial score (nSPS) is 14.3. The van der Waals surface area contributed by atoms with E-state index in [-0.39, 0.29) is 12.0 Å². The third-order valence-corrected chi connectivity index (χ3v) is 7.03. The van der Waals surface area contributed by atoms with Crippen LogP contribution in [0.4, 0.5) is 0 Å². The standard InChI is InChI=1S/C29H25N3O4/c1-17-13-25-27(29(34)32(17)12-11-19-16-30-24-10-6-4-8-20(19)24)21(15-26(33)35-2)22-14-18-7-3-5-9-23(18)31-28(22)36-25/h3-10,13-14,16,21,30H,11-12,15H2,1-2H3. The molecule has 3 aromatic heterocycles. The number of para-hydroxylation sites is 2. The van der Waals surface area contributed by atoms with Crippen LogP contribution in [0, 0.1) is 6.92 Å². The number of carbonyl (C=O) groups is 1. The number of rotatable bonds is 5. The first-order valence-corrected chi connectivity index (χ1v) is 12.0. The molecule has 0 aliphatic carbocycles. The maximum atomic E-state index is 13.9. The van der Waals surface area contributed by atoms with E-state index >= 15 is 0 Å². The molecule has 180 valence electrons. The van der Waals surface area contributed by atoms with Gasteiger partial charge in [-0.05, 0) is 37.1 Å².